The quantitative estimate of drug-likeness (QED) is 0.141. The normalized spacial score (nSPS) is 25.7. The van der Waals surface area contributed by atoms with Gasteiger partial charge in [-0.25, -0.2) is 9.78 Å². The molecular weight excluding hydrogens is 288 g/mol. The van der Waals surface area contributed by atoms with Crippen LogP contribution in [0.25, 0.3) is 0 Å². The Hall–Kier alpha value is -0.360. The first-order valence-corrected chi connectivity index (χ1v) is 6.78. The van der Waals surface area contributed by atoms with Gasteiger partial charge in [-0.2, -0.15) is 0 Å². The highest BCUT2D eigenvalue weighted by atomic mass is 17.2. The summed E-state index contributed by atoms with van der Waals surface area (Å²) in [5.41, 5.74) is 0. The van der Waals surface area contributed by atoms with Crippen molar-refractivity contribution in [1.29, 1.82) is 0 Å². The molecule has 4 N–H and O–H groups in total. The molecule has 4 unspecified atom stereocenters. The van der Waals surface area contributed by atoms with Gasteiger partial charge >= 0.3 is 0 Å². The van der Waals surface area contributed by atoms with Crippen LogP contribution in [-0.2, 0) is 24.0 Å². The largest absolute Gasteiger partial charge is 0.394 e. The molecule has 4 atom stereocenters. The molecule has 2 rings (SSSR count). The molecule has 0 amide bonds. The SMILES string of the molecule is C(OCC1CO1)C1CO1.OCC(O)COOCC(O)CO. The maximum atomic E-state index is 8.71. The van der Waals surface area contributed by atoms with E-state index >= 15 is 0 Å². The minimum absolute atomic E-state index is 0.172. The molecule has 0 spiro atoms. The van der Waals surface area contributed by atoms with E-state index in [4.69, 9.17) is 34.6 Å². The minimum Gasteiger partial charge on any atom is -0.394 e. The standard InChI is InChI=1S/C6H14O6.C6H10O3/c7-1-5(9)3-11-12-4-6(10)2-8;1(5-3-8-5)7-2-6-4-9-6/h5-10H,1-4H2;5-6H,1-4H2. The maximum absolute atomic E-state index is 8.71. The molecular formula is C12H24O9. The lowest BCUT2D eigenvalue weighted by Gasteiger charge is -2.09. The van der Waals surface area contributed by atoms with E-state index < -0.39 is 25.4 Å². The van der Waals surface area contributed by atoms with E-state index in [2.05, 4.69) is 9.78 Å². The van der Waals surface area contributed by atoms with Gasteiger partial charge in [-0.15, -0.1) is 0 Å². The van der Waals surface area contributed by atoms with Crippen molar-refractivity contribution in [1.82, 2.24) is 0 Å². The number of aliphatic hydroxyl groups is 4. The van der Waals surface area contributed by atoms with Crippen LogP contribution in [-0.4, -0.2) is 97.7 Å². The first kappa shape index (κ1) is 18.7. The Morgan fingerprint density at radius 1 is 0.857 bits per heavy atom. The molecule has 21 heavy (non-hydrogen) atoms. The number of aliphatic hydroxyl groups excluding tert-OH is 4. The average Bonchev–Trinajstić information content (AvgIpc) is 3.38. The average molecular weight is 312 g/mol. The zero-order valence-electron chi connectivity index (χ0n) is 11.8. The van der Waals surface area contributed by atoms with E-state index in [1.54, 1.807) is 0 Å². The highest BCUT2D eigenvalue weighted by molar-refractivity contribution is 4.71. The first-order valence-electron chi connectivity index (χ1n) is 6.78. The molecule has 2 saturated heterocycles. The molecule has 2 heterocycles. The molecule has 2 aliphatic heterocycles. The van der Waals surface area contributed by atoms with Crippen molar-refractivity contribution in [3.05, 3.63) is 0 Å². The third-order valence-corrected chi connectivity index (χ3v) is 2.44. The van der Waals surface area contributed by atoms with Gasteiger partial charge in [0.25, 0.3) is 0 Å². The van der Waals surface area contributed by atoms with Crippen LogP contribution in [0.1, 0.15) is 0 Å². The number of ether oxygens (including phenoxy) is 3. The summed E-state index contributed by atoms with van der Waals surface area (Å²) in [5.74, 6) is 0. The van der Waals surface area contributed by atoms with E-state index in [0.717, 1.165) is 26.4 Å². The molecule has 9 heteroatoms. The van der Waals surface area contributed by atoms with Gasteiger partial charge in [0.15, 0.2) is 0 Å². The topological polar surface area (TPSA) is 134 Å². The Morgan fingerprint density at radius 3 is 1.52 bits per heavy atom. The summed E-state index contributed by atoms with van der Waals surface area (Å²) in [6, 6.07) is 0. The van der Waals surface area contributed by atoms with Crippen LogP contribution >= 0.6 is 0 Å². The molecule has 0 bridgehead atoms. The molecule has 126 valence electrons. The van der Waals surface area contributed by atoms with Crippen LogP contribution in [0.3, 0.4) is 0 Å². The van der Waals surface area contributed by atoms with Crippen molar-refractivity contribution in [2.75, 3.05) is 52.9 Å². The van der Waals surface area contributed by atoms with Crippen molar-refractivity contribution >= 4 is 0 Å². The fourth-order valence-corrected chi connectivity index (χ4v) is 1.02. The lowest BCUT2D eigenvalue weighted by Crippen LogP contribution is -2.23. The molecule has 2 aliphatic rings. The number of rotatable bonds is 11. The summed E-state index contributed by atoms with van der Waals surface area (Å²) in [7, 11) is 0. The van der Waals surface area contributed by atoms with Crippen molar-refractivity contribution in [2.45, 2.75) is 24.4 Å². The van der Waals surface area contributed by atoms with E-state index in [1.165, 1.54) is 0 Å². The molecule has 0 aliphatic carbocycles. The van der Waals surface area contributed by atoms with Crippen LogP contribution < -0.4 is 0 Å². The second-order valence-electron chi connectivity index (χ2n) is 4.69. The highest BCUT2D eigenvalue weighted by Crippen LogP contribution is 2.12. The van der Waals surface area contributed by atoms with Gasteiger partial charge < -0.3 is 34.6 Å². The van der Waals surface area contributed by atoms with Gasteiger partial charge in [0, 0.05) is 0 Å². The number of hydrogen-bond donors (Lipinski definition) is 4. The Labute approximate surface area is 122 Å². The minimum atomic E-state index is -0.990. The van der Waals surface area contributed by atoms with Gasteiger partial charge in [-0.3, -0.25) is 0 Å². The zero-order chi connectivity index (χ0) is 15.5. The highest BCUT2D eigenvalue weighted by Gasteiger charge is 2.26. The van der Waals surface area contributed by atoms with Crippen molar-refractivity contribution < 1.29 is 44.4 Å². The van der Waals surface area contributed by atoms with E-state index in [-0.39, 0.29) is 13.2 Å². The van der Waals surface area contributed by atoms with Crippen LogP contribution in [0, 0.1) is 0 Å². The smallest absolute Gasteiger partial charge is 0.110 e. The van der Waals surface area contributed by atoms with Crippen LogP contribution in [0.15, 0.2) is 0 Å². The van der Waals surface area contributed by atoms with Crippen molar-refractivity contribution in [2.24, 2.45) is 0 Å². The second-order valence-corrected chi connectivity index (χ2v) is 4.69. The van der Waals surface area contributed by atoms with Crippen LogP contribution in [0.2, 0.25) is 0 Å². The third-order valence-electron chi connectivity index (χ3n) is 2.44. The predicted octanol–water partition coefficient (Wildman–Crippen LogP) is -2.56. The third kappa shape index (κ3) is 11.9. The molecule has 0 aromatic rings. The Balaban J connectivity index is 0.000000216. The monoisotopic (exact) mass is 312 g/mol. The summed E-state index contributed by atoms with van der Waals surface area (Å²) in [6.07, 6.45) is -1.19. The van der Waals surface area contributed by atoms with E-state index in [1.807, 2.05) is 0 Å². The summed E-state index contributed by atoms with van der Waals surface area (Å²) < 4.78 is 15.1. The van der Waals surface area contributed by atoms with Gasteiger partial charge in [-0.1, -0.05) is 0 Å². The number of hydrogen-bond acceptors (Lipinski definition) is 9. The van der Waals surface area contributed by atoms with Crippen LogP contribution in [0.5, 0.6) is 0 Å². The Morgan fingerprint density at radius 2 is 1.24 bits per heavy atom. The molecule has 0 saturated carbocycles. The zero-order valence-corrected chi connectivity index (χ0v) is 11.8. The molecule has 0 aromatic carbocycles. The molecule has 0 radical (unpaired) electrons. The van der Waals surface area contributed by atoms with Crippen molar-refractivity contribution in [3.8, 4) is 0 Å². The first-order chi connectivity index (χ1) is 10.2. The van der Waals surface area contributed by atoms with Crippen LogP contribution in [0.4, 0.5) is 0 Å². The van der Waals surface area contributed by atoms with Gasteiger partial charge in [0.2, 0.25) is 0 Å². The lowest BCUT2D eigenvalue weighted by molar-refractivity contribution is -0.316. The summed E-state index contributed by atoms with van der Waals surface area (Å²) >= 11 is 0. The Bertz CT molecular complexity index is 221. The van der Waals surface area contributed by atoms with E-state index in [9.17, 15) is 0 Å². The number of epoxide rings is 2. The lowest BCUT2D eigenvalue weighted by atomic mass is 10.4. The fourth-order valence-electron chi connectivity index (χ4n) is 1.02. The second kappa shape index (κ2) is 11.2. The van der Waals surface area contributed by atoms with Crippen molar-refractivity contribution in [3.63, 3.8) is 0 Å². The summed E-state index contributed by atoms with van der Waals surface area (Å²) in [5, 5.41) is 34.1. The van der Waals surface area contributed by atoms with Gasteiger partial charge in [-0.05, 0) is 0 Å². The fraction of sp³-hybridized carbons (Fsp3) is 1.00. The molecule has 9 nitrogen and oxygen atoms in total. The molecule has 0 aromatic heterocycles. The summed E-state index contributed by atoms with van der Waals surface area (Å²) in [4.78, 5) is 8.76. The predicted molar refractivity (Wildman–Crippen MR) is 68.4 cm³/mol. The molecule has 2 fully saturated rings. The maximum Gasteiger partial charge on any atom is 0.110 e. The van der Waals surface area contributed by atoms with E-state index in [0.29, 0.717) is 12.2 Å². The summed E-state index contributed by atoms with van der Waals surface area (Å²) in [6.45, 7) is 2.10. The Kier molecular flexibility index (Phi) is 10.0. The van der Waals surface area contributed by atoms with Gasteiger partial charge in [0.1, 0.15) is 37.6 Å². The van der Waals surface area contributed by atoms with Gasteiger partial charge in [0.05, 0.1) is 39.6 Å².